The molecule has 0 bridgehead atoms. The van der Waals surface area contributed by atoms with Crippen LogP contribution in [-0.4, -0.2) is 35.7 Å². The van der Waals surface area contributed by atoms with Crippen molar-refractivity contribution in [3.05, 3.63) is 46.0 Å². The molecule has 0 saturated heterocycles. The van der Waals surface area contributed by atoms with Crippen molar-refractivity contribution in [2.75, 3.05) is 19.6 Å². The fraction of sp³-hybridized carbons (Fsp3) is 0.550. The third kappa shape index (κ3) is 6.17. The number of nitrogens with one attached hydrogen (secondary N) is 2. The average molecular weight is 562 g/mol. The van der Waals surface area contributed by atoms with Gasteiger partial charge in [-0.1, -0.05) is 47.1 Å². The molecule has 1 aliphatic carbocycles. The summed E-state index contributed by atoms with van der Waals surface area (Å²) in [7, 11) is 0. The zero-order valence-electron chi connectivity index (χ0n) is 16.7. The van der Waals surface area contributed by atoms with Crippen LogP contribution in [-0.2, 0) is 11.8 Å². The summed E-state index contributed by atoms with van der Waals surface area (Å²) in [5.74, 6) is 2.54. The van der Waals surface area contributed by atoms with Crippen molar-refractivity contribution in [1.82, 2.24) is 20.8 Å². The molecule has 1 saturated carbocycles. The van der Waals surface area contributed by atoms with Crippen LogP contribution in [0.25, 0.3) is 0 Å². The largest absolute Gasteiger partial charge is 0.357 e. The minimum Gasteiger partial charge on any atom is -0.357 e. The highest BCUT2D eigenvalue weighted by Gasteiger charge is 2.44. The van der Waals surface area contributed by atoms with Gasteiger partial charge in [0.05, 0.1) is 6.54 Å². The van der Waals surface area contributed by atoms with Crippen LogP contribution < -0.4 is 10.6 Å². The van der Waals surface area contributed by atoms with E-state index in [4.69, 9.17) is 9.52 Å². The van der Waals surface area contributed by atoms with Gasteiger partial charge in [0, 0.05) is 35.3 Å². The first kappa shape index (κ1) is 23.1. The molecule has 8 heteroatoms. The summed E-state index contributed by atoms with van der Waals surface area (Å²) in [4.78, 5) is 9.24. The Morgan fingerprint density at radius 1 is 1.32 bits per heavy atom. The molecule has 1 heterocycles. The number of nitrogens with zero attached hydrogens (tertiary/aromatic N) is 3. The lowest BCUT2D eigenvalue weighted by molar-refractivity contribution is 0.371. The van der Waals surface area contributed by atoms with Crippen LogP contribution in [0.5, 0.6) is 0 Å². The van der Waals surface area contributed by atoms with Crippen molar-refractivity contribution in [3.8, 4) is 0 Å². The highest BCUT2D eigenvalue weighted by Crippen LogP contribution is 2.48. The van der Waals surface area contributed by atoms with E-state index in [2.05, 4.69) is 81.7 Å². The maximum Gasteiger partial charge on any atom is 0.228 e. The Hall–Kier alpha value is -1.16. The number of aliphatic imine (C=N–C) groups is 1. The van der Waals surface area contributed by atoms with Gasteiger partial charge in [-0.2, -0.15) is 4.98 Å². The number of rotatable bonds is 8. The molecule has 1 aromatic heterocycles. The van der Waals surface area contributed by atoms with Gasteiger partial charge in [-0.05, 0) is 37.5 Å². The normalized spacial score (nSPS) is 15.2. The van der Waals surface area contributed by atoms with Gasteiger partial charge in [-0.15, -0.1) is 24.0 Å². The Kier molecular flexibility index (Phi) is 8.73. The van der Waals surface area contributed by atoms with Gasteiger partial charge in [0.1, 0.15) is 0 Å². The summed E-state index contributed by atoms with van der Waals surface area (Å²) in [6.45, 7) is 8.51. The van der Waals surface area contributed by atoms with E-state index in [0.29, 0.717) is 18.9 Å². The Morgan fingerprint density at radius 2 is 2.11 bits per heavy atom. The maximum absolute atomic E-state index is 5.30. The second-order valence-corrected chi connectivity index (χ2v) is 8.28. The van der Waals surface area contributed by atoms with Crippen molar-refractivity contribution >= 4 is 45.9 Å². The zero-order chi connectivity index (χ0) is 19.3. The highest BCUT2D eigenvalue weighted by atomic mass is 127. The van der Waals surface area contributed by atoms with Crippen LogP contribution in [0.15, 0.2) is 38.3 Å². The average Bonchev–Trinajstić information content (AvgIpc) is 3.29. The zero-order valence-corrected chi connectivity index (χ0v) is 20.6. The predicted octanol–water partition coefficient (Wildman–Crippen LogP) is 4.40. The minimum atomic E-state index is 0. The third-order valence-electron chi connectivity index (χ3n) is 4.81. The SMILES string of the molecule is CCNC(=NCC1(c2cccc(Br)c2)CC1)NCCc1nc(C(C)C)no1.I. The molecule has 0 spiro atoms. The molecule has 0 amide bonds. The maximum atomic E-state index is 5.30. The standard InChI is InChI=1S/C20H28BrN5O.HI/c1-4-22-19(23-11-8-17-25-18(14(2)3)26-27-17)24-13-20(9-10-20)15-6-5-7-16(21)12-15;/h5-7,12,14H,4,8-11,13H2,1-3H3,(H2,22,23,24);1H. The second-order valence-electron chi connectivity index (χ2n) is 7.36. The molecular weight excluding hydrogens is 533 g/mol. The summed E-state index contributed by atoms with van der Waals surface area (Å²) in [5, 5.41) is 10.7. The van der Waals surface area contributed by atoms with Crippen molar-refractivity contribution in [2.45, 2.75) is 51.4 Å². The summed E-state index contributed by atoms with van der Waals surface area (Å²) >= 11 is 3.57. The number of halogens is 2. The molecule has 1 aromatic carbocycles. The number of hydrogen-bond donors (Lipinski definition) is 2. The summed E-state index contributed by atoms with van der Waals surface area (Å²) < 4.78 is 6.42. The fourth-order valence-electron chi connectivity index (χ4n) is 2.97. The molecule has 3 rings (SSSR count). The van der Waals surface area contributed by atoms with Crippen LogP contribution in [0, 0.1) is 0 Å². The molecule has 28 heavy (non-hydrogen) atoms. The first-order valence-electron chi connectivity index (χ1n) is 9.63. The van der Waals surface area contributed by atoms with Gasteiger partial charge in [0.25, 0.3) is 0 Å². The summed E-state index contributed by atoms with van der Waals surface area (Å²) in [6.07, 6.45) is 3.06. The number of guanidine groups is 1. The molecule has 2 N–H and O–H groups in total. The lowest BCUT2D eigenvalue weighted by atomic mass is 9.96. The van der Waals surface area contributed by atoms with E-state index in [-0.39, 0.29) is 35.3 Å². The van der Waals surface area contributed by atoms with Crippen LogP contribution >= 0.6 is 39.9 Å². The molecule has 0 atom stereocenters. The van der Waals surface area contributed by atoms with E-state index in [1.54, 1.807) is 0 Å². The number of benzene rings is 1. The topological polar surface area (TPSA) is 75.3 Å². The molecule has 6 nitrogen and oxygen atoms in total. The lowest BCUT2D eigenvalue weighted by Crippen LogP contribution is -2.39. The van der Waals surface area contributed by atoms with Gasteiger partial charge in [-0.25, -0.2) is 0 Å². The van der Waals surface area contributed by atoms with Gasteiger partial charge in [-0.3, -0.25) is 4.99 Å². The minimum absolute atomic E-state index is 0. The van der Waals surface area contributed by atoms with Crippen molar-refractivity contribution in [3.63, 3.8) is 0 Å². The van der Waals surface area contributed by atoms with Gasteiger partial charge < -0.3 is 15.2 Å². The lowest BCUT2D eigenvalue weighted by Gasteiger charge is -2.16. The van der Waals surface area contributed by atoms with Gasteiger partial charge in [0.15, 0.2) is 11.8 Å². The van der Waals surface area contributed by atoms with Crippen LogP contribution in [0.4, 0.5) is 0 Å². The van der Waals surface area contributed by atoms with E-state index in [9.17, 15) is 0 Å². The molecule has 1 aliphatic rings. The number of hydrogen-bond acceptors (Lipinski definition) is 4. The molecule has 0 aliphatic heterocycles. The first-order chi connectivity index (χ1) is 13.0. The van der Waals surface area contributed by atoms with Crippen LogP contribution in [0.2, 0.25) is 0 Å². The van der Waals surface area contributed by atoms with Gasteiger partial charge in [0.2, 0.25) is 5.89 Å². The number of aromatic nitrogens is 2. The summed E-state index contributed by atoms with van der Waals surface area (Å²) in [5.41, 5.74) is 1.55. The van der Waals surface area contributed by atoms with E-state index >= 15 is 0 Å². The van der Waals surface area contributed by atoms with Gasteiger partial charge >= 0.3 is 0 Å². The Morgan fingerprint density at radius 3 is 2.71 bits per heavy atom. The smallest absolute Gasteiger partial charge is 0.228 e. The van der Waals surface area contributed by atoms with E-state index in [1.165, 1.54) is 18.4 Å². The van der Waals surface area contributed by atoms with Crippen molar-refractivity contribution in [2.24, 2.45) is 4.99 Å². The third-order valence-corrected chi connectivity index (χ3v) is 5.30. The summed E-state index contributed by atoms with van der Waals surface area (Å²) in [6, 6.07) is 8.58. The Bertz CT molecular complexity index is 788. The molecule has 1 fully saturated rings. The van der Waals surface area contributed by atoms with E-state index in [1.807, 2.05) is 0 Å². The Balaban J connectivity index is 0.00000280. The molecule has 154 valence electrons. The quantitative estimate of drug-likeness (QED) is 0.284. The first-order valence-corrected chi connectivity index (χ1v) is 10.4. The predicted molar refractivity (Wildman–Crippen MR) is 127 cm³/mol. The van der Waals surface area contributed by atoms with Crippen molar-refractivity contribution in [1.29, 1.82) is 0 Å². The molecule has 0 radical (unpaired) electrons. The molecule has 0 unspecified atom stereocenters. The van der Waals surface area contributed by atoms with Crippen LogP contribution in [0.3, 0.4) is 0 Å². The molecule has 2 aromatic rings. The highest BCUT2D eigenvalue weighted by molar-refractivity contribution is 14.0. The van der Waals surface area contributed by atoms with E-state index < -0.39 is 0 Å². The molecular formula is C20H29BrIN5O. The monoisotopic (exact) mass is 561 g/mol. The Labute approximate surface area is 192 Å². The van der Waals surface area contributed by atoms with E-state index in [0.717, 1.165) is 29.3 Å². The second kappa shape index (κ2) is 10.6. The fourth-order valence-corrected chi connectivity index (χ4v) is 3.37. The van der Waals surface area contributed by atoms with Crippen molar-refractivity contribution < 1.29 is 4.52 Å². The van der Waals surface area contributed by atoms with Crippen LogP contribution in [0.1, 0.15) is 56.8 Å².